The number of alkyl carbamates (subject to hydrolysis) is 1. The van der Waals surface area contributed by atoms with E-state index in [2.05, 4.69) is 33.8 Å². The minimum atomic E-state index is -1.04. The number of aliphatic imine (C=N–C) groups is 1. The molecule has 10 nitrogen and oxygen atoms in total. The maximum Gasteiger partial charge on any atom is 0.407 e. The lowest BCUT2D eigenvalue weighted by Crippen LogP contribution is -2.53. The molecule has 2 aliphatic rings. The Morgan fingerprint density at radius 3 is 2.13 bits per heavy atom. The van der Waals surface area contributed by atoms with Crippen molar-refractivity contribution in [1.29, 1.82) is 5.26 Å². The number of nitrogens with two attached hydrogens (primary N) is 2. The van der Waals surface area contributed by atoms with Crippen molar-refractivity contribution in [3.05, 3.63) is 95.6 Å². The first-order chi connectivity index (χ1) is 22.9. The summed E-state index contributed by atoms with van der Waals surface area (Å²) in [5.41, 5.74) is 16.1. The Hall–Kier alpha value is -4.95. The van der Waals surface area contributed by atoms with Crippen molar-refractivity contribution < 1.29 is 19.1 Å². The van der Waals surface area contributed by atoms with Crippen LogP contribution in [0.3, 0.4) is 0 Å². The normalized spacial score (nSPS) is 15.0. The molecule has 1 aliphatic heterocycles. The maximum absolute atomic E-state index is 13.8. The van der Waals surface area contributed by atoms with Crippen molar-refractivity contribution in [1.82, 2.24) is 10.6 Å². The SMILES string of the molecule is N#CC(C(=O)[C@H](Cc1ccccc1)NC(=O)[C@H](CCCN=C(N)N)NC(=O)OCC1c2ccccc2-c2ccccc21)=S1CCCC1. The number of ketones is 1. The molecule has 1 aliphatic carbocycles. The van der Waals surface area contributed by atoms with Crippen molar-refractivity contribution in [3.8, 4) is 17.2 Å². The van der Waals surface area contributed by atoms with E-state index < -0.39 is 34.6 Å². The molecule has 2 amide bonds. The third-order valence-corrected chi connectivity index (χ3v) is 10.9. The molecule has 0 aromatic heterocycles. The fraction of sp³-hybridized carbons (Fsp3) is 0.333. The number of benzene rings is 3. The molecule has 1 fully saturated rings. The van der Waals surface area contributed by atoms with E-state index in [4.69, 9.17) is 16.2 Å². The van der Waals surface area contributed by atoms with E-state index in [1.54, 1.807) is 0 Å². The van der Waals surface area contributed by atoms with Gasteiger partial charge in [-0.1, -0.05) is 78.9 Å². The number of nitrogens with one attached hydrogen (secondary N) is 2. The van der Waals surface area contributed by atoms with Crippen molar-refractivity contribution in [2.75, 3.05) is 24.7 Å². The highest BCUT2D eigenvalue weighted by Crippen LogP contribution is 2.44. The van der Waals surface area contributed by atoms with E-state index in [-0.39, 0.29) is 48.5 Å². The van der Waals surface area contributed by atoms with E-state index in [0.717, 1.165) is 52.2 Å². The van der Waals surface area contributed by atoms with Gasteiger partial charge in [-0.05, 0) is 65.0 Å². The van der Waals surface area contributed by atoms with Gasteiger partial charge in [-0.2, -0.15) is 15.7 Å². The highest BCUT2D eigenvalue weighted by molar-refractivity contribution is 8.17. The Labute approximate surface area is 277 Å². The Morgan fingerprint density at radius 1 is 0.894 bits per heavy atom. The van der Waals surface area contributed by atoms with Gasteiger partial charge in [0, 0.05) is 18.9 Å². The molecule has 3 aromatic rings. The number of fused-ring (bicyclic) bond motifs is 3. The monoisotopic (exact) mass is 652 g/mol. The molecule has 0 spiro atoms. The summed E-state index contributed by atoms with van der Waals surface area (Å²) in [5.74, 6) is 0.456. The molecular formula is C36H40N6O4S. The number of carbonyl (C=O) groups excluding carboxylic acids is 3. The van der Waals surface area contributed by atoms with E-state index in [1.807, 2.05) is 66.7 Å². The Bertz CT molecular complexity index is 1660. The van der Waals surface area contributed by atoms with Gasteiger partial charge in [-0.15, -0.1) is 0 Å². The summed E-state index contributed by atoms with van der Waals surface area (Å²) in [6.45, 7) is 0.333. The second kappa shape index (κ2) is 16.1. The summed E-state index contributed by atoms with van der Waals surface area (Å²) >= 11 is 0. The van der Waals surface area contributed by atoms with E-state index in [0.29, 0.717) is 6.42 Å². The summed E-state index contributed by atoms with van der Waals surface area (Å²) in [5, 5.41) is 15.6. The molecule has 6 N–H and O–H groups in total. The highest BCUT2D eigenvalue weighted by Gasteiger charge is 2.32. The Morgan fingerprint density at radius 2 is 1.51 bits per heavy atom. The lowest BCUT2D eigenvalue weighted by atomic mass is 9.98. The Kier molecular flexibility index (Phi) is 11.4. The zero-order valence-corrected chi connectivity index (χ0v) is 27.0. The number of nitriles is 1. The average Bonchev–Trinajstić information content (AvgIpc) is 3.72. The molecule has 2 atom stereocenters. The fourth-order valence-electron chi connectivity index (χ4n) is 6.17. The molecule has 1 heterocycles. The van der Waals surface area contributed by atoms with E-state index >= 15 is 0 Å². The lowest BCUT2D eigenvalue weighted by Gasteiger charge is -2.23. The molecule has 0 bridgehead atoms. The van der Waals surface area contributed by atoms with Crippen LogP contribution in [-0.2, 0) is 20.7 Å². The van der Waals surface area contributed by atoms with Crippen molar-refractivity contribution >= 4 is 39.1 Å². The maximum atomic E-state index is 13.8. The summed E-state index contributed by atoms with van der Waals surface area (Å²) in [7, 11) is -0.428. The first-order valence-electron chi connectivity index (χ1n) is 15.9. The second-order valence-corrected chi connectivity index (χ2v) is 13.8. The number of hydrogen-bond acceptors (Lipinski definition) is 6. The molecule has 1 saturated heterocycles. The van der Waals surface area contributed by atoms with Crippen LogP contribution in [0, 0.1) is 11.3 Å². The quantitative estimate of drug-likeness (QED) is 0.0935. The van der Waals surface area contributed by atoms with Gasteiger partial charge in [-0.25, -0.2) is 4.79 Å². The standard InChI is InChI=1S/C36H40N6O4S/c37-22-32(47-19-8-9-20-47)33(43)31(21-24-11-2-1-3-12-24)41-34(44)30(17-10-18-40-35(38)39)42-36(45)46-23-29-27-15-6-4-13-25(27)26-14-5-7-16-28(26)29/h1-7,11-16,29-31H,8-10,17-21,23H2,(H,41,44)(H,42,45)(H4,38,39,40)/t30-,31-/m0/s1. The molecule has 5 rings (SSSR count). The molecule has 3 aromatic carbocycles. The summed E-state index contributed by atoms with van der Waals surface area (Å²) < 4.78 is 5.73. The zero-order chi connectivity index (χ0) is 33.2. The molecule has 0 saturated carbocycles. The number of ether oxygens (including phenoxy) is 1. The number of hydrogen-bond donors (Lipinski definition) is 4. The first kappa shape index (κ1) is 33.4. The van der Waals surface area contributed by atoms with Gasteiger partial charge in [0.1, 0.15) is 23.6 Å². The third kappa shape index (κ3) is 8.45. The predicted molar refractivity (Wildman–Crippen MR) is 186 cm³/mol. The van der Waals surface area contributed by atoms with Gasteiger partial charge in [0.15, 0.2) is 5.96 Å². The molecule has 11 heteroatoms. The van der Waals surface area contributed by atoms with Gasteiger partial charge in [0.25, 0.3) is 0 Å². The number of guanidine groups is 1. The highest BCUT2D eigenvalue weighted by atomic mass is 32.2. The minimum absolute atomic E-state index is 0.0728. The van der Waals surface area contributed by atoms with Crippen LogP contribution >= 0.6 is 10.5 Å². The molecule has 0 unspecified atom stereocenters. The largest absolute Gasteiger partial charge is 0.449 e. The zero-order valence-electron chi connectivity index (χ0n) is 26.2. The van der Waals surface area contributed by atoms with Crippen LogP contribution < -0.4 is 22.1 Å². The average molecular weight is 653 g/mol. The van der Waals surface area contributed by atoms with Crippen LogP contribution in [-0.4, -0.2) is 65.3 Å². The number of nitrogens with zero attached hydrogens (tertiary/aromatic N) is 2. The van der Waals surface area contributed by atoms with Crippen LogP contribution in [0.4, 0.5) is 4.79 Å². The van der Waals surface area contributed by atoms with E-state index in [1.165, 1.54) is 0 Å². The number of amides is 2. The molecule has 0 radical (unpaired) electrons. The van der Waals surface area contributed by atoms with Crippen LogP contribution in [0.1, 0.15) is 48.3 Å². The summed E-state index contributed by atoms with van der Waals surface area (Å²) in [6, 6.07) is 25.5. The van der Waals surface area contributed by atoms with Crippen LogP contribution in [0.2, 0.25) is 0 Å². The molecule has 244 valence electrons. The third-order valence-electron chi connectivity index (χ3n) is 8.46. The minimum Gasteiger partial charge on any atom is -0.449 e. The smallest absolute Gasteiger partial charge is 0.407 e. The van der Waals surface area contributed by atoms with Crippen LogP contribution in [0.25, 0.3) is 11.1 Å². The van der Waals surface area contributed by atoms with Gasteiger partial charge < -0.3 is 26.8 Å². The molecular weight excluding hydrogens is 613 g/mol. The van der Waals surface area contributed by atoms with Crippen LogP contribution in [0.5, 0.6) is 0 Å². The van der Waals surface area contributed by atoms with Gasteiger partial charge >= 0.3 is 6.09 Å². The fourth-order valence-corrected chi connectivity index (χ4v) is 8.44. The summed E-state index contributed by atoms with van der Waals surface area (Å²) in [6.07, 6.45) is 1.98. The predicted octanol–water partition coefficient (Wildman–Crippen LogP) is 4.00. The lowest BCUT2D eigenvalue weighted by molar-refractivity contribution is -0.126. The second-order valence-electron chi connectivity index (χ2n) is 11.6. The number of Topliss-reactive ketones (excluding diaryl/α,β-unsaturated/α-hetero) is 1. The van der Waals surface area contributed by atoms with Crippen molar-refractivity contribution in [2.45, 2.75) is 50.1 Å². The molecule has 47 heavy (non-hydrogen) atoms. The van der Waals surface area contributed by atoms with Gasteiger partial charge in [0.05, 0.1) is 6.04 Å². The van der Waals surface area contributed by atoms with Gasteiger partial charge in [-0.3, -0.25) is 14.6 Å². The number of rotatable bonds is 13. The van der Waals surface area contributed by atoms with Gasteiger partial charge in [0.2, 0.25) is 11.7 Å². The van der Waals surface area contributed by atoms with E-state index in [9.17, 15) is 19.6 Å². The first-order valence-corrected chi connectivity index (χ1v) is 17.4. The topological polar surface area (TPSA) is 173 Å². The van der Waals surface area contributed by atoms with Crippen LogP contribution in [0.15, 0.2) is 83.9 Å². The summed E-state index contributed by atoms with van der Waals surface area (Å²) in [4.78, 5) is 45.1. The van der Waals surface area contributed by atoms with Crippen molar-refractivity contribution in [3.63, 3.8) is 0 Å². The Balaban J connectivity index is 1.32. The van der Waals surface area contributed by atoms with Crippen molar-refractivity contribution in [2.24, 2.45) is 16.5 Å². The number of carbonyl (C=O) groups is 3.